The van der Waals surface area contributed by atoms with Gasteiger partial charge in [0.25, 0.3) is 5.56 Å². The molecule has 0 radical (unpaired) electrons. The molecule has 5 heteroatoms. The van der Waals surface area contributed by atoms with Crippen molar-refractivity contribution >= 4 is 23.1 Å². The highest BCUT2D eigenvalue weighted by atomic mass is 16.3. The summed E-state index contributed by atoms with van der Waals surface area (Å²) >= 11 is 0. The third-order valence-corrected chi connectivity index (χ3v) is 4.26. The summed E-state index contributed by atoms with van der Waals surface area (Å²) in [5, 5.41) is 20.0. The third kappa shape index (κ3) is 3.18. The van der Waals surface area contributed by atoms with Crippen molar-refractivity contribution in [2.75, 3.05) is 0 Å². The molecule has 0 aliphatic heterocycles. The molecule has 0 spiro atoms. The van der Waals surface area contributed by atoms with Crippen LogP contribution in [0.1, 0.15) is 11.4 Å². The molecule has 4 rings (SSSR count). The first-order valence-electron chi connectivity index (χ1n) is 8.41. The second-order valence-corrected chi connectivity index (χ2v) is 6.04. The summed E-state index contributed by atoms with van der Waals surface area (Å²) in [7, 11) is 0. The van der Waals surface area contributed by atoms with Gasteiger partial charge in [-0.15, -0.1) is 0 Å². The van der Waals surface area contributed by atoms with E-state index in [0.717, 1.165) is 0 Å². The highest BCUT2D eigenvalue weighted by molar-refractivity contribution is 5.80. The van der Waals surface area contributed by atoms with Crippen LogP contribution < -0.4 is 5.56 Å². The highest BCUT2D eigenvalue weighted by Crippen LogP contribution is 2.20. The van der Waals surface area contributed by atoms with Crippen molar-refractivity contribution < 1.29 is 10.2 Å². The SMILES string of the molecule is O=c1c2ccccc2nc(C=Cc2ccccc2O)n1-c1ccc(O)cc1. The van der Waals surface area contributed by atoms with Crippen LogP contribution in [0.2, 0.25) is 0 Å². The quantitative estimate of drug-likeness (QED) is 0.582. The van der Waals surface area contributed by atoms with Gasteiger partial charge in [0, 0.05) is 5.56 Å². The van der Waals surface area contributed by atoms with E-state index in [4.69, 9.17) is 0 Å². The minimum atomic E-state index is -0.205. The van der Waals surface area contributed by atoms with Crippen LogP contribution in [-0.4, -0.2) is 19.8 Å². The van der Waals surface area contributed by atoms with Gasteiger partial charge in [-0.1, -0.05) is 30.3 Å². The summed E-state index contributed by atoms with van der Waals surface area (Å²) in [6.45, 7) is 0. The Bertz CT molecular complexity index is 1210. The number of hydrogen-bond acceptors (Lipinski definition) is 4. The van der Waals surface area contributed by atoms with Crippen molar-refractivity contribution in [2.24, 2.45) is 0 Å². The maximum Gasteiger partial charge on any atom is 0.266 e. The topological polar surface area (TPSA) is 75.3 Å². The molecule has 27 heavy (non-hydrogen) atoms. The van der Waals surface area contributed by atoms with E-state index in [9.17, 15) is 15.0 Å². The summed E-state index contributed by atoms with van der Waals surface area (Å²) in [5.74, 6) is 0.688. The summed E-state index contributed by atoms with van der Waals surface area (Å²) < 4.78 is 1.48. The monoisotopic (exact) mass is 356 g/mol. The Morgan fingerprint density at radius 1 is 0.815 bits per heavy atom. The Hall–Kier alpha value is -3.86. The van der Waals surface area contributed by atoms with Crippen LogP contribution in [0.3, 0.4) is 0 Å². The lowest BCUT2D eigenvalue weighted by molar-refractivity contribution is 0.474. The van der Waals surface area contributed by atoms with E-state index in [0.29, 0.717) is 28.0 Å². The molecule has 2 N–H and O–H groups in total. The van der Waals surface area contributed by atoms with Crippen LogP contribution in [0.5, 0.6) is 11.5 Å². The average Bonchev–Trinajstić information content (AvgIpc) is 2.69. The number of phenols is 2. The zero-order chi connectivity index (χ0) is 18.8. The van der Waals surface area contributed by atoms with Gasteiger partial charge in [0.05, 0.1) is 16.6 Å². The number of para-hydroxylation sites is 2. The van der Waals surface area contributed by atoms with Gasteiger partial charge in [0.15, 0.2) is 0 Å². The molecule has 0 amide bonds. The molecule has 0 aliphatic carbocycles. The number of rotatable bonds is 3. The molecule has 0 bridgehead atoms. The fraction of sp³-hybridized carbons (Fsp3) is 0. The molecule has 0 saturated carbocycles. The molecule has 132 valence electrons. The van der Waals surface area contributed by atoms with E-state index < -0.39 is 0 Å². The van der Waals surface area contributed by atoms with Crippen molar-refractivity contribution in [3.63, 3.8) is 0 Å². The zero-order valence-corrected chi connectivity index (χ0v) is 14.3. The number of phenolic OH excluding ortho intramolecular Hbond substituents is 2. The first-order chi connectivity index (χ1) is 13.1. The molecule has 5 nitrogen and oxygen atoms in total. The predicted molar refractivity (Wildman–Crippen MR) is 106 cm³/mol. The molecule has 3 aromatic carbocycles. The maximum absolute atomic E-state index is 13.1. The second kappa shape index (κ2) is 6.80. The number of fused-ring (bicyclic) bond motifs is 1. The average molecular weight is 356 g/mol. The summed E-state index contributed by atoms with van der Waals surface area (Å²) in [6, 6.07) is 20.4. The van der Waals surface area contributed by atoms with Gasteiger partial charge in [-0.05, 0) is 54.6 Å². The second-order valence-electron chi connectivity index (χ2n) is 6.04. The first-order valence-corrected chi connectivity index (χ1v) is 8.41. The predicted octanol–water partition coefficient (Wildman–Crippen LogP) is 3.97. The molecule has 0 saturated heterocycles. The minimum Gasteiger partial charge on any atom is -0.508 e. The Morgan fingerprint density at radius 3 is 2.30 bits per heavy atom. The number of aromatic hydroxyl groups is 2. The van der Waals surface area contributed by atoms with E-state index in [1.807, 2.05) is 12.1 Å². The molecule has 1 aromatic heterocycles. The van der Waals surface area contributed by atoms with Crippen molar-refractivity contribution in [1.29, 1.82) is 0 Å². The Morgan fingerprint density at radius 2 is 1.52 bits per heavy atom. The van der Waals surface area contributed by atoms with E-state index in [1.54, 1.807) is 60.7 Å². The maximum atomic E-state index is 13.1. The standard InChI is InChI=1S/C22H16N2O3/c25-17-12-10-16(11-13-17)24-21(14-9-15-5-1-4-8-20(15)26)23-19-7-3-2-6-18(19)22(24)27/h1-14,25-26H. The van der Waals surface area contributed by atoms with Crippen LogP contribution in [-0.2, 0) is 0 Å². The van der Waals surface area contributed by atoms with Crippen molar-refractivity contribution in [1.82, 2.24) is 9.55 Å². The molecule has 0 unspecified atom stereocenters. The Balaban J connectivity index is 1.95. The molecule has 0 fully saturated rings. The summed E-state index contributed by atoms with van der Waals surface area (Å²) in [5.41, 5.74) is 1.60. The van der Waals surface area contributed by atoms with Gasteiger partial charge < -0.3 is 10.2 Å². The fourth-order valence-corrected chi connectivity index (χ4v) is 2.91. The van der Waals surface area contributed by atoms with Gasteiger partial charge in [-0.25, -0.2) is 4.98 Å². The number of nitrogens with zero attached hydrogens (tertiary/aromatic N) is 2. The normalized spacial score (nSPS) is 11.3. The largest absolute Gasteiger partial charge is 0.508 e. The van der Waals surface area contributed by atoms with Crippen molar-refractivity contribution in [2.45, 2.75) is 0 Å². The van der Waals surface area contributed by atoms with Crippen LogP contribution >= 0.6 is 0 Å². The van der Waals surface area contributed by atoms with Crippen LogP contribution in [0.25, 0.3) is 28.7 Å². The lowest BCUT2D eigenvalue weighted by Crippen LogP contribution is -2.22. The van der Waals surface area contributed by atoms with Gasteiger partial charge in [0.1, 0.15) is 17.3 Å². The zero-order valence-electron chi connectivity index (χ0n) is 14.3. The smallest absolute Gasteiger partial charge is 0.266 e. The van der Waals surface area contributed by atoms with Crippen LogP contribution in [0, 0.1) is 0 Å². The lowest BCUT2D eigenvalue weighted by atomic mass is 10.2. The Labute approximate surface area is 155 Å². The highest BCUT2D eigenvalue weighted by Gasteiger charge is 2.11. The molecular weight excluding hydrogens is 340 g/mol. The third-order valence-electron chi connectivity index (χ3n) is 4.26. The van der Waals surface area contributed by atoms with E-state index in [-0.39, 0.29) is 17.1 Å². The molecule has 0 atom stereocenters. The van der Waals surface area contributed by atoms with Crippen LogP contribution in [0.15, 0.2) is 77.6 Å². The van der Waals surface area contributed by atoms with E-state index >= 15 is 0 Å². The fourth-order valence-electron chi connectivity index (χ4n) is 2.91. The number of aromatic nitrogens is 2. The van der Waals surface area contributed by atoms with Gasteiger partial charge in [0.2, 0.25) is 0 Å². The van der Waals surface area contributed by atoms with Crippen molar-refractivity contribution in [3.8, 4) is 17.2 Å². The summed E-state index contributed by atoms with van der Waals surface area (Å²) in [6.07, 6.45) is 3.40. The minimum absolute atomic E-state index is 0.117. The van der Waals surface area contributed by atoms with Crippen molar-refractivity contribution in [3.05, 3.63) is 94.5 Å². The lowest BCUT2D eigenvalue weighted by Gasteiger charge is -2.11. The molecule has 0 aliphatic rings. The first kappa shape index (κ1) is 16.6. The van der Waals surface area contributed by atoms with Gasteiger partial charge in [-0.2, -0.15) is 0 Å². The molecule has 1 heterocycles. The molecule has 4 aromatic rings. The summed E-state index contributed by atoms with van der Waals surface area (Å²) in [4.78, 5) is 17.7. The van der Waals surface area contributed by atoms with Crippen LogP contribution in [0.4, 0.5) is 0 Å². The van der Waals surface area contributed by atoms with Gasteiger partial charge in [-0.3, -0.25) is 9.36 Å². The molecular formula is C22H16N2O3. The number of benzene rings is 3. The van der Waals surface area contributed by atoms with E-state index in [1.165, 1.54) is 16.7 Å². The number of hydrogen-bond donors (Lipinski definition) is 2. The van der Waals surface area contributed by atoms with E-state index in [2.05, 4.69) is 4.98 Å². The Kier molecular flexibility index (Phi) is 4.18. The van der Waals surface area contributed by atoms with Gasteiger partial charge >= 0.3 is 0 Å².